The van der Waals surface area contributed by atoms with E-state index in [1.807, 2.05) is 0 Å². The summed E-state index contributed by atoms with van der Waals surface area (Å²) < 4.78 is 34.1. The highest BCUT2D eigenvalue weighted by Crippen LogP contribution is 2.31. The van der Waals surface area contributed by atoms with Crippen molar-refractivity contribution in [1.29, 1.82) is 0 Å². The molecule has 0 saturated heterocycles. The number of hydrogen-bond acceptors (Lipinski definition) is 7. The largest absolute Gasteiger partial charge is 0.497 e. The van der Waals surface area contributed by atoms with Crippen LogP contribution in [-0.2, 0) is 11.3 Å². The fraction of sp³-hybridized carbons (Fsp3) is 0.250. The van der Waals surface area contributed by atoms with Gasteiger partial charge in [0.05, 0.1) is 26.3 Å². The van der Waals surface area contributed by atoms with Crippen molar-refractivity contribution in [2.24, 2.45) is 0 Å². The smallest absolute Gasteiger partial charge is 0.261 e. The molecule has 2 aromatic carbocycles. The first-order chi connectivity index (χ1) is 14.0. The Hall–Kier alpha value is -3.62. The van der Waals surface area contributed by atoms with Gasteiger partial charge in [-0.3, -0.25) is 4.79 Å². The number of nitrogens with one attached hydrogen (secondary N) is 1. The molecule has 3 rings (SSSR count). The van der Waals surface area contributed by atoms with E-state index >= 15 is 0 Å². The van der Waals surface area contributed by atoms with Gasteiger partial charge in [-0.1, -0.05) is 5.16 Å². The second-order valence-electron chi connectivity index (χ2n) is 6.01. The molecule has 0 aliphatic carbocycles. The SMILES string of the molecule is COc1ccc(-c2noc(CNC(=O)[C@@H](C)Oc3ccc(F)cc3)n2)c(OC)c1. The number of methoxy groups -OCH3 is 2. The van der Waals surface area contributed by atoms with Crippen LogP contribution in [0.3, 0.4) is 0 Å². The third kappa shape index (κ3) is 5.01. The molecule has 0 fully saturated rings. The van der Waals surface area contributed by atoms with Crippen molar-refractivity contribution in [3.05, 3.63) is 54.2 Å². The molecule has 29 heavy (non-hydrogen) atoms. The molecule has 0 spiro atoms. The zero-order chi connectivity index (χ0) is 20.8. The Morgan fingerprint density at radius 3 is 2.55 bits per heavy atom. The van der Waals surface area contributed by atoms with E-state index in [-0.39, 0.29) is 24.2 Å². The minimum absolute atomic E-state index is 0.0292. The van der Waals surface area contributed by atoms with E-state index in [1.165, 1.54) is 31.4 Å². The molecule has 1 heterocycles. The van der Waals surface area contributed by atoms with Gasteiger partial charge in [-0.15, -0.1) is 0 Å². The third-order valence-corrected chi connectivity index (χ3v) is 4.03. The molecule has 9 heteroatoms. The molecule has 3 aromatic rings. The highest BCUT2D eigenvalue weighted by atomic mass is 19.1. The van der Waals surface area contributed by atoms with Crippen LogP contribution in [0.5, 0.6) is 17.2 Å². The summed E-state index contributed by atoms with van der Waals surface area (Å²) in [6.07, 6.45) is -0.787. The van der Waals surface area contributed by atoms with E-state index in [0.29, 0.717) is 28.6 Å². The predicted molar refractivity (Wildman–Crippen MR) is 101 cm³/mol. The Balaban J connectivity index is 1.60. The molecular formula is C20H20FN3O5. The Kier molecular flexibility index (Phi) is 6.28. The van der Waals surface area contributed by atoms with Gasteiger partial charge in [-0.2, -0.15) is 4.98 Å². The summed E-state index contributed by atoms with van der Waals surface area (Å²) in [4.78, 5) is 16.5. The van der Waals surface area contributed by atoms with Crippen molar-refractivity contribution in [1.82, 2.24) is 15.5 Å². The predicted octanol–water partition coefficient (Wildman–Crippen LogP) is 2.98. The maximum atomic E-state index is 12.9. The van der Waals surface area contributed by atoms with Crippen molar-refractivity contribution >= 4 is 5.91 Å². The van der Waals surface area contributed by atoms with Crippen molar-refractivity contribution in [2.75, 3.05) is 14.2 Å². The number of amides is 1. The topological polar surface area (TPSA) is 95.7 Å². The number of aromatic nitrogens is 2. The summed E-state index contributed by atoms with van der Waals surface area (Å²) in [6, 6.07) is 10.6. The van der Waals surface area contributed by atoms with Crippen LogP contribution in [0.1, 0.15) is 12.8 Å². The summed E-state index contributed by atoms with van der Waals surface area (Å²) in [5, 5.41) is 6.58. The van der Waals surface area contributed by atoms with Gasteiger partial charge in [0.25, 0.3) is 5.91 Å². The number of nitrogens with zero attached hydrogens (tertiary/aromatic N) is 2. The molecule has 8 nitrogen and oxygen atoms in total. The highest BCUT2D eigenvalue weighted by molar-refractivity contribution is 5.80. The minimum atomic E-state index is -0.787. The number of benzene rings is 2. The van der Waals surface area contributed by atoms with Gasteiger partial charge < -0.3 is 24.1 Å². The van der Waals surface area contributed by atoms with Crippen molar-refractivity contribution < 1.29 is 27.9 Å². The minimum Gasteiger partial charge on any atom is -0.497 e. The number of carbonyl (C=O) groups is 1. The maximum Gasteiger partial charge on any atom is 0.261 e. The van der Waals surface area contributed by atoms with E-state index in [9.17, 15) is 9.18 Å². The summed E-state index contributed by atoms with van der Waals surface area (Å²) in [7, 11) is 3.09. The van der Waals surface area contributed by atoms with Gasteiger partial charge in [-0.25, -0.2) is 4.39 Å². The lowest BCUT2D eigenvalue weighted by Crippen LogP contribution is -2.35. The molecule has 0 saturated carbocycles. The second-order valence-corrected chi connectivity index (χ2v) is 6.01. The lowest BCUT2D eigenvalue weighted by molar-refractivity contribution is -0.127. The Morgan fingerprint density at radius 1 is 1.14 bits per heavy atom. The summed E-state index contributed by atoms with van der Waals surface area (Å²) >= 11 is 0. The molecule has 1 amide bonds. The number of carbonyl (C=O) groups excluding carboxylic acids is 1. The van der Waals surface area contributed by atoms with Crippen LogP contribution in [-0.4, -0.2) is 36.4 Å². The molecule has 0 radical (unpaired) electrons. The van der Waals surface area contributed by atoms with Gasteiger partial charge in [0, 0.05) is 6.07 Å². The third-order valence-electron chi connectivity index (χ3n) is 4.03. The second kappa shape index (κ2) is 9.05. The van der Waals surface area contributed by atoms with E-state index in [4.69, 9.17) is 18.7 Å². The summed E-state index contributed by atoms with van der Waals surface area (Å²) in [6.45, 7) is 1.61. The zero-order valence-electron chi connectivity index (χ0n) is 16.1. The van der Waals surface area contributed by atoms with E-state index in [1.54, 1.807) is 32.2 Å². The van der Waals surface area contributed by atoms with Crippen LogP contribution >= 0.6 is 0 Å². The summed E-state index contributed by atoms with van der Waals surface area (Å²) in [5.41, 5.74) is 0.627. The van der Waals surface area contributed by atoms with Crippen LogP contribution in [0.25, 0.3) is 11.4 Å². The van der Waals surface area contributed by atoms with E-state index < -0.39 is 6.10 Å². The number of ether oxygens (including phenoxy) is 3. The molecule has 0 unspecified atom stereocenters. The Labute approximate surface area is 166 Å². The summed E-state index contributed by atoms with van der Waals surface area (Å²) in [5.74, 6) is 1.34. The lowest BCUT2D eigenvalue weighted by Gasteiger charge is -2.13. The van der Waals surface area contributed by atoms with Crippen molar-refractivity contribution in [2.45, 2.75) is 19.6 Å². The average molecular weight is 401 g/mol. The molecule has 152 valence electrons. The monoisotopic (exact) mass is 401 g/mol. The van der Waals surface area contributed by atoms with E-state index in [2.05, 4.69) is 15.5 Å². The van der Waals surface area contributed by atoms with Gasteiger partial charge in [0.2, 0.25) is 11.7 Å². The maximum absolute atomic E-state index is 12.9. The number of halogens is 1. The van der Waals surface area contributed by atoms with Crippen molar-refractivity contribution in [3.8, 4) is 28.6 Å². The molecular weight excluding hydrogens is 381 g/mol. The van der Waals surface area contributed by atoms with Gasteiger partial charge in [0.1, 0.15) is 23.1 Å². The highest BCUT2D eigenvalue weighted by Gasteiger charge is 2.18. The molecule has 1 N–H and O–H groups in total. The molecule has 0 aliphatic rings. The normalized spacial score (nSPS) is 11.6. The molecule has 0 aliphatic heterocycles. The van der Waals surface area contributed by atoms with Crippen LogP contribution in [0, 0.1) is 5.82 Å². The fourth-order valence-corrected chi connectivity index (χ4v) is 2.50. The number of rotatable bonds is 8. The molecule has 1 aromatic heterocycles. The lowest BCUT2D eigenvalue weighted by atomic mass is 10.2. The first-order valence-electron chi connectivity index (χ1n) is 8.75. The van der Waals surface area contributed by atoms with Crippen molar-refractivity contribution in [3.63, 3.8) is 0 Å². The van der Waals surface area contributed by atoms with Crippen LogP contribution < -0.4 is 19.5 Å². The quantitative estimate of drug-likeness (QED) is 0.620. The number of hydrogen-bond donors (Lipinski definition) is 1. The van der Waals surface area contributed by atoms with Crippen LogP contribution in [0.15, 0.2) is 47.0 Å². The van der Waals surface area contributed by atoms with Gasteiger partial charge in [-0.05, 0) is 43.3 Å². The zero-order valence-corrected chi connectivity index (χ0v) is 16.1. The first-order valence-corrected chi connectivity index (χ1v) is 8.75. The van der Waals surface area contributed by atoms with Crippen LogP contribution in [0.4, 0.5) is 4.39 Å². The van der Waals surface area contributed by atoms with E-state index in [0.717, 1.165) is 0 Å². The van der Waals surface area contributed by atoms with Gasteiger partial charge >= 0.3 is 0 Å². The Morgan fingerprint density at radius 2 is 1.86 bits per heavy atom. The molecule has 0 bridgehead atoms. The van der Waals surface area contributed by atoms with Crippen LogP contribution in [0.2, 0.25) is 0 Å². The average Bonchev–Trinajstić information content (AvgIpc) is 3.21. The first kappa shape index (κ1) is 20.1. The fourth-order valence-electron chi connectivity index (χ4n) is 2.50. The Bertz CT molecular complexity index is 975. The standard InChI is InChI=1S/C20H20FN3O5/c1-12(28-14-6-4-13(21)5-7-14)20(25)22-11-18-23-19(24-29-18)16-9-8-15(26-2)10-17(16)27-3/h4-10,12H,11H2,1-3H3,(H,22,25)/t12-/m1/s1. The molecule has 1 atom stereocenters. The van der Waals surface area contributed by atoms with Gasteiger partial charge in [0.15, 0.2) is 6.10 Å².